The Morgan fingerprint density at radius 1 is 1.00 bits per heavy atom. The van der Waals surface area contributed by atoms with E-state index in [9.17, 15) is 9.50 Å². The van der Waals surface area contributed by atoms with Crippen LogP contribution in [0.1, 0.15) is 18.1 Å². The maximum absolute atomic E-state index is 13.2. The molecule has 0 unspecified atom stereocenters. The Balaban J connectivity index is 2.00. The van der Waals surface area contributed by atoms with Gasteiger partial charge >= 0.3 is 0 Å². The van der Waals surface area contributed by atoms with Crippen molar-refractivity contribution in [2.24, 2.45) is 0 Å². The number of aryl methyl sites for hydroxylation is 1. The zero-order chi connectivity index (χ0) is 19.2. The zero-order valence-corrected chi connectivity index (χ0v) is 15.7. The largest absolute Gasteiger partial charge is 0.867 e. The highest BCUT2D eigenvalue weighted by molar-refractivity contribution is 7.81. The summed E-state index contributed by atoms with van der Waals surface area (Å²) in [4.78, 5) is 0.296. The van der Waals surface area contributed by atoms with Crippen LogP contribution in [0.25, 0.3) is 11.5 Å². The lowest BCUT2D eigenvalue weighted by Crippen LogP contribution is -2.39. The van der Waals surface area contributed by atoms with Crippen LogP contribution in [0, 0.1) is 5.82 Å². The zero-order valence-electron chi connectivity index (χ0n) is 14.9. The van der Waals surface area contributed by atoms with Gasteiger partial charge in [0.2, 0.25) is 5.70 Å². The molecule has 1 heterocycles. The number of benzene rings is 2. The van der Waals surface area contributed by atoms with Gasteiger partial charge in [0.1, 0.15) is 5.82 Å². The molecule has 1 aromatic heterocycles. The maximum atomic E-state index is 13.2. The van der Waals surface area contributed by atoms with Crippen LogP contribution in [-0.2, 0) is 6.42 Å². The van der Waals surface area contributed by atoms with Crippen molar-refractivity contribution in [1.29, 1.82) is 0 Å². The Hall–Kier alpha value is -3.05. The number of rotatable bonds is 5. The lowest BCUT2D eigenvalue weighted by atomic mass is 10.1. The van der Waals surface area contributed by atoms with Crippen LogP contribution in [0.3, 0.4) is 0 Å². The standard InChI is InChI=1S/C22H19FN2OS/c1-2-16-6-12-19(13-7-16)24-22(27)20(25-14-4-3-5-15-25)21(26)17-8-10-18(23)11-9-17/h3-15H,2H2,1H3,(H-,24,26,27). The molecule has 3 nitrogen and oxygen atoms in total. The highest BCUT2D eigenvalue weighted by Gasteiger charge is 2.18. The number of anilines is 1. The number of nitrogens with zero attached hydrogens (tertiary/aromatic N) is 1. The second kappa shape index (κ2) is 8.56. The molecule has 3 aromatic rings. The van der Waals surface area contributed by atoms with Gasteiger partial charge in [0.25, 0.3) is 0 Å². The van der Waals surface area contributed by atoms with Crippen molar-refractivity contribution in [3.05, 3.63) is 96.1 Å². The molecule has 0 aliphatic rings. The van der Waals surface area contributed by atoms with E-state index in [2.05, 4.69) is 12.2 Å². The van der Waals surface area contributed by atoms with Crippen LogP contribution in [0.4, 0.5) is 10.1 Å². The van der Waals surface area contributed by atoms with E-state index in [1.807, 2.05) is 42.5 Å². The minimum atomic E-state index is -0.392. The molecule has 0 radical (unpaired) electrons. The van der Waals surface area contributed by atoms with E-state index in [0.29, 0.717) is 16.2 Å². The first-order valence-electron chi connectivity index (χ1n) is 8.62. The van der Waals surface area contributed by atoms with E-state index in [-0.39, 0.29) is 5.76 Å². The Labute approximate surface area is 163 Å². The van der Waals surface area contributed by atoms with Gasteiger partial charge in [-0.1, -0.05) is 49.5 Å². The topological polar surface area (TPSA) is 39.0 Å². The molecular formula is C22H19FN2OS. The van der Waals surface area contributed by atoms with Gasteiger partial charge in [0, 0.05) is 17.8 Å². The number of nitrogens with one attached hydrogen (secondary N) is 1. The lowest BCUT2D eigenvalue weighted by molar-refractivity contribution is -0.577. The third-order valence-electron chi connectivity index (χ3n) is 4.13. The first-order chi connectivity index (χ1) is 13.1. The molecule has 2 aromatic carbocycles. The van der Waals surface area contributed by atoms with Crippen LogP contribution in [-0.4, -0.2) is 4.99 Å². The SMILES string of the molecule is CCc1ccc(NC(=S)C(=C([O-])c2ccc(F)cc2)[n+]2ccccc2)cc1. The van der Waals surface area contributed by atoms with Crippen LogP contribution >= 0.6 is 12.2 Å². The molecule has 0 saturated carbocycles. The fourth-order valence-electron chi connectivity index (χ4n) is 2.64. The van der Waals surface area contributed by atoms with Crippen LogP contribution in [0.5, 0.6) is 0 Å². The summed E-state index contributed by atoms with van der Waals surface area (Å²) in [6.07, 6.45) is 4.46. The fourth-order valence-corrected chi connectivity index (χ4v) is 2.95. The van der Waals surface area contributed by atoms with Gasteiger partial charge < -0.3 is 10.4 Å². The van der Waals surface area contributed by atoms with Crippen molar-refractivity contribution in [2.75, 3.05) is 5.32 Å². The number of hydrogen-bond acceptors (Lipinski definition) is 2. The summed E-state index contributed by atoms with van der Waals surface area (Å²) >= 11 is 5.54. The summed E-state index contributed by atoms with van der Waals surface area (Å²) in [5, 5.41) is 16.2. The Morgan fingerprint density at radius 2 is 1.63 bits per heavy atom. The summed E-state index contributed by atoms with van der Waals surface area (Å²) < 4.78 is 14.9. The van der Waals surface area contributed by atoms with Crippen molar-refractivity contribution in [3.8, 4) is 0 Å². The number of hydrogen-bond donors (Lipinski definition) is 1. The van der Waals surface area contributed by atoms with Gasteiger partial charge in [-0.15, -0.1) is 0 Å². The van der Waals surface area contributed by atoms with Crippen LogP contribution < -0.4 is 15.0 Å². The van der Waals surface area contributed by atoms with Gasteiger partial charge in [0.15, 0.2) is 17.4 Å². The number of thiocarbonyl (C=S) groups is 1. The normalized spacial score (nSPS) is 11.6. The first kappa shape index (κ1) is 18.7. The molecule has 0 fully saturated rings. The number of aromatic nitrogens is 1. The van der Waals surface area contributed by atoms with Gasteiger partial charge in [-0.2, -0.15) is 4.57 Å². The van der Waals surface area contributed by atoms with Crippen LogP contribution in [0.2, 0.25) is 0 Å². The average molecular weight is 378 g/mol. The van der Waals surface area contributed by atoms with Crippen molar-refractivity contribution < 1.29 is 14.1 Å². The minimum absolute atomic E-state index is 0.283. The maximum Gasteiger partial charge on any atom is 0.238 e. The smallest absolute Gasteiger partial charge is 0.238 e. The Kier molecular flexibility index (Phi) is 5.94. The summed E-state index contributed by atoms with van der Waals surface area (Å²) in [7, 11) is 0. The van der Waals surface area contributed by atoms with E-state index in [1.54, 1.807) is 17.0 Å². The van der Waals surface area contributed by atoms with Gasteiger partial charge in [-0.05, 0) is 47.6 Å². The van der Waals surface area contributed by atoms with Crippen molar-refractivity contribution in [3.63, 3.8) is 0 Å². The summed E-state index contributed by atoms with van der Waals surface area (Å²) in [6.45, 7) is 2.09. The average Bonchev–Trinajstić information content (AvgIpc) is 2.70. The minimum Gasteiger partial charge on any atom is -0.867 e. The molecular weight excluding hydrogens is 359 g/mol. The molecule has 0 amide bonds. The summed E-state index contributed by atoms with van der Waals surface area (Å²) in [6, 6.07) is 18.8. The molecule has 0 saturated heterocycles. The third kappa shape index (κ3) is 4.57. The van der Waals surface area contributed by atoms with E-state index in [1.165, 1.54) is 29.8 Å². The summed E-state index contributed by atoms with van der Waals surface area (Å²) in [5.41, 5.74) is 2.69. The molecule has 27 heavy (non-hydrogen) atoms. The number of halogens is 1. The van der Waals surface area contributed by atoms with Crippen molar-refractivity contribution in [1.82, 2.24) is 0 Å². The van der Waals surface area contributed by atoms with E-state index in [4.69, 9.17) is 12.2 Å². The van der Waals surface area contributed by atoms with Gasteiger partial charge in [0.05, 0.1) is 0 Å². The highest BCUT2D eigenvalue weighted by Crippen LogP contribution is 2.18. The fraction of sp³-hybridized carbons (Fsp3) is 0.0909. The lowest BCUT2D eigenvalue weighted by Gasteiger charge is -2.17. The Bertz CT molecular complexity index is 952. The molecule has 3 rings (SSSR count). The molecule has 1 N–H and O–H groups in total. The van der Waals surface area contributed by atoms with Crippen LogP contribution in [0.15, 0.2) is 79.1 Å². The predicted molar refractivity (Wildman–Crippen MR) is 108 cm³/mol. The summed E-state index contributed by atoms with van der Waals surface area (Å²) in [5.74, 6) is -0.675. The highest BCUT2D eigenvalue weighted by atomic mass is 32.1. The molecule has 136 valence electrons. The number of pyridine rings is 1. The predicted octanol–water partition coefficient (Wildman–Crippen LogP) is 3.80. The molecule has 0 spiro atoms. The van der Waals surface area contributed by atoms with Gasteiger partial charge in [-0.3, -0.25) is 0 Å². The molecule has 5 heteroatoms. The van der Waals surface area contributed by atoms with Crippen molar-refractivity contribution >= 4 is 34.3 Å². The monoisotopic (exact) mass is 378 g/mol. The second-order valence-electron chi connectivity index (χ2n) is 5.97. The van der Waals surface area contributed by atoms with Crippen molar-refractivity contribution in [2.45, 2.75) is 13.3 Å². The third-order valence-corrected chi connectivity index (χ3v) is 4.43. The molecule has 0 aliphatic carbocycles. The molecule has 0 aliphatic heterocycles. The van der Waals surface area contributed by atoms with Gasteiger partial charge in [-0.25, -0.2) is 4.39 Å². The van der Waals surface area contributed by atoms with E-state index < -0.39 is 5.82 Å². The molecule has 0 bridgehead atoms. The molecule has 0 atom stereocenters. The van der Waals surface area contributed by atoms with E-state index in [0.717, 1.165) is 12.1 Å². The van der Waals surface area contributed by atoms with E-state index >= 15 is 0 Å². The second-order valence-corrected chi connectivity index (χ2v) is 6.38. The first-order valence-corrected chi connectivity index (χ1v) is 9.03. The Morgan fingerprint density at radius 3 is 2.22 bits per heavy atom. The quantitative estimate of drug-likeness (QED) is 0.318.